The highest BCUT2D eigenvalue weighted by atomic mass is 32.1. The number of thiazole rings is 1. The van der Waals surface area contributed by atoms with Crippen LogP contribution in [0.2, 0.25) is 0 Å². The van der Waals surface area contributed by atoms with Gasteiger partial charge in [-0.05, 0) is 31.8 Å². The van der Waals surface area contributed by atoms with E-state index in [0.29, 0.717) is 0 Å². The molecule has 0 atom stereocenters. The summed E-state index contributed by atoms with van der Waals surface area (Å²) in [6, 6.07) is 8.22. The van der Waals surface area contributed by atoms with E-state index >= 15 is 0 Å². The van der Waals surface area contributed by atoms with Crippen molar-refractivity contribution in [3.05, 3.63) is 41.4 Å². The van der Waals surface area contributed by atoms with Gasteiger partial charge in [-0.1, -0.05) is 12.1 Å². The Morgan fingerprint density at radius 2 is 1.69 bits per heavy atom. The van der Waals surface area contributed by atoms with Gasteiger partial charge in [-0.25, -0.2) is 4.98 Å². The van der Waals surface area contributed by atoms with Crippen LogP contribution in [0.15, 0.2) is 35.8 Å². The van der Waals surface area contributed by atoms with Crippen LogP contribution in [0.4, 0.5) is 5.13 Å². The second-order valence-electron chi connectivity index (χ2n) is 6.39. The molecule has 144 valence electrons. The van der Waals surface area contributed by atoms with Gasteiger partial charge in [0.15, 0.2) is 5.13 Å². The molecule has 1 saturated heterocycles. The van der Waals surface area contributed by atoms with Gasteiger partial charge >= 0.3 is 0 Å². The van der Waals surface area contributed by atoms with Crippen molar-refractivity contribution >= 4 is 16.5 Å². The standard InChI is InChI=1S/C15H21N3OS.C4H10N2/c1-17(2)9-10-18(15-16-8-11-20-15)12-13-4-6-14(19-3)7-5-13;1-2-6-4-3-5-1/h4-8,11H,9-10,12H2,1-3H3;5-6H,1-4H2. The van der Waals surface area contributed by atoms with Crippen LogP contribution in [-0.2, 0) is 6.54 Å². The van der Waals surface area contributed by atoms with Crippen LogP contribution in [0.1, 0.15) is 5.56 Å². The molecule has 26 heavy (non-hydrogen) atoms. The summed E-state index contributed by atoms with van der Waals surface area (Å²) in [4.78, 5) is 8.93. The SMILES string of the molecule is C1CNCCN1.COc1ccc(CN(CCN(C)C)c2nccs2)cc1. The highest BCUT2D eigenvalue weighted by Crippen LogP contribution is 2.20. The zero-order valence-electron chi connectivity index (χ0n) is 16.1. The predicted octanol–water partition coefficient (Wildman–Crippen LogP) is 1.90. The summed E-state index contributed by atoms with van der Waals surface area (Å²) in [5, 5.41) is 9.54. The Morgan fingerprint density at radius 1 is 1.04 bits per heavy atom. The van der Waals surface area contributed by atoms with Gasteiger partial charge in [-0.3, -0.25) is 0 Å². The zero-order chi connectivity index (χ0) is 18.6. The average molecular weight is 378 g/mol. The number of piperazine rings is 1. The van der Waals surface area contributed by atoms with Crippen LogP contribution in [0, 0.1) is 0 Å². The van der Waals surface area contributed by atoms with E-state index in [1.807, 2.05) is 23.7 Å². The Labute approximate surface area is 161 Å². The number of methoxy groups -OCH3 is 1. The number of hydrogen-bond donors (Lipinski definition) is 2. The topological polar surface area (TPSA) is 52.7 Å². The molecule has 0 radical (unpaired) electrons. The first-order valence-corrected chi connectivity index (χ1v) is 9.90. The quantitative estimate of drug-likeness (QED) is 0.769. The molecule has 2 heterocycles. The van der Waals surface area contributed by atoms with Crippen LogP contribution < -0.4 is 20.3 Å². The molecule has 0 amide bonds. The first-order chi connectivity index (χ1) is 12.7. The van der Waals surface area contributed by atoms with Gasteiger partial charge < -0.3 is 25.2 Å². The van der Waals surface area contributed by atoms with Crippen LogP contribution in [-0.4, -0.2) is 70.4 Å². The van der Waals surface area contributed by atoms with Crippen molar-refractivity contribution in [2.75, 3.05) is 65.4 Å². The molecular formula is C19H31N5OS. The monoisotopic (exact) mass is 377 g/mol. The summed E-state index contributed by atoms with van der Waals surface area (Å²) in [6.45, 7) is 7.40. The lowest BCUT2D eigenvalue weighted by atomic mass is 10.2. The molecule has 7 heteroatoms. The summed E-state index contributed by atoms with van der Waals surface area (Å²) in [6.07, 6.45) is 1.86. The number of aromatic nitrogens is 1. The van der Waals surface area contributed by atoms with E-state index in [2.05, 4.69) is 51.6 Å². The van der Waals surface area contributed by atoms with Gasteiger partial charge in [-0.15, -0.1) is 11.3 Å². The summed E-state index contributed by atoms with van der Waals surface area (Å²) in [5.41, 5.74) is 1.26. The third-order valence-electron chi connectivity index (χ3n) is 4.00. The maximum Gasteiger partial charge on any atom is 0.185 e. The van der Waals surface area contributed by atoms with Gasteiger partial charge in [0, 0.05) is 57.4 Å². The molecule has 2 N–H and O–H groups in total. The number of benzene rings is 1. The lowest BCUT2D eigenvalue weighted by molar-refractivity contribution is 0.412. The van der Waals surface area contributed by atoms with E-state index in [1.165, 1.54) is 5.56 Å². The minimum absolute atomic E-state index is 0.866. The maximum absolute atomic E-state index is 5.19. The van der Waals surface area contributed by atoms with E-state index < -0.39 is 0 Å². The Kier molecular flexibility index (Phi) is 9.41. The number of nitrogens with zero attached hydrogens (tertiary/aromatic N) is 3. The van der Waals surface area contributed by atoms with E-state index in [1.54, 1.807) is 18.4 Å². The third-order valence-corrected chi connectivity index (χ3v) is 4.83. The van der Waals surface area contributed by atoms with Crippen molar-refractivity contribution in [1.82, 2.24) is 20.5 Å². The fourth-order valence-corrected chi connectivity index (χ4v) is 3.16. The van der Waals surface area contributed by atoms with E-state index in [9.17, 15) is 0 Å². The fraction of sp³-hybridized carbons (Fsp3) is 0.526. The maximum atomic E-state index is 5.19. The fourth-order valence-electron chi connectivity index (χ4n) is 2.49. The molecule has 2 aromatic rings. The molecule has 1 aliphatic rings. The minimum atomic E-state index is 0.866. The second-order valence-corrected chi connectivity index (χ2v) is 7.26. The smallest absolute Gasteiger partial charge is 0.185 e. The Hall–Kier alpha value is -1.67. The molecule has 0 aliphatic carbocycles. The number of ether oxygens (including phenoxy) is 1. The van der Waals surface area contributed by atoms with Crippen molar-refractivity contribution in [2.24, 2.45) is 0 Å². The normalized spacial score (nSPS) is 13.8. The van der Waals surface area contributed by atoms with Crippen LogP contribution in [0.5, 0.6) is 5.75 Å². The first kappa shape index (κ1) is 20.6. The second kappa shape index (κ2) is 11.9. The van der Waals surface area contributed by atoms with Crippen LogP contribution in [0.25, 0.3) is 0 Å². The molecule has 0 bridgehead atoms. The summed E-state index contributed by atoms with van der Waals surface area (Å²) < 4.78 is 5.19. The van der Waals surface area contributed by atoms with Gasteiger partial charge in [0.25, 0.3) is 0 Å². The average Bonchev–Trinajstić information content (AvgIpc) is 3.22. The summed E-state index contributed by atoms with van der Waals surface area (Å²) in [5.74, 6) is 0.892. The molecule has 1 aromatic heterocycles. The largest absolute Gasteiger partial charge is 0.497 e. The molecule has 6 nitrogen and oxygen atoms in total. The Balaban J connectivity index is 0.000000342. The molecule has 1 aliphatic heterocycles. The first-order valence-electron chi connectivity index (χ1n) is 9.02. The Morgan fingerprint density at radius 3 is 2.15 bits per heavy atom. The van der Waals surface area contributed by atoms with E-state index in [-0.39, 0.29) is 0 Å². The van der Waals surface area contributed by atoms with Gasteiger partial charge in [0.1, 0.15) is 5.75 Å². The van der Waals surface area contributed by atoms with Crippen molar-refractivity contribution < 1.29 is 4.74 Å². The number of hydrogen-bond acceptors (Lipinski definition) is 7. The Bertz CT molecular complexity index is 573. The molecular weight excluding hydrogens is 346 g/mol. The molecule has 0 spiro atoms. The van der Waals surface area contributed by atoms with Crippen LogP contribution >= 0.6 is 11.3 Å². The van der Waals surface area contributed by atoms with Gasteiger partial charge in [-0.2, -0.15) is 0 Å². The molecule has 0 unspecified atom stereocenters. The van der Waals surface area contributed by atoms with Crippen molar-refractivity contribution in [2.45, 2.75) is 6.54 Å². The van der Waals surface area contributed by atoms with Crippen molar-refractivity contribution in [3.63, 3.8) is 0 Å². The number of likely N-dealkylation sites (N-methyl/N-ethyl adjacent to an activating group) is 1. The van der Waals surface area contributed by atoms with Crippen molar-refractivity contribution in [1.29, 1.82) is 0 Å². The zero-order valence-corrected chi connectivity index (χ0v) is 16.9. The predicted molar refractivity (Wildman–Crippen MR) is 110 cm³/mol. The molecule has 3 rings (SSSR count). The van der Waals surface area contributed by atoms with Gasteiger partial charge in [0.2, 0.25) is 0 Å². The third kappa shape index (κ3) is 7.70. The van der Waals surface area contributed by atoms with Crippen molar-refractivity contribution in [3.8, 4) is 5.75 Å². The lowest BCUT2D eigenvalue weighted by Gasteiger charge is -2.23. The summed E-state index contributed by atoms with van der Waals surface area (Å²) >= 11 is 1.68. The highest BCUT2D eigenvalue weighted by molar-refractivity contribution is 7.13. The number of anilines is 1. The van der Waals surface area contributed by atoms with Crippen LogP contribution in [0.3, 0.4) is 0 Å². The lowest BCUT2D eigenvalue weighted by Crippen LogP contribution is -2.39. The highest BCUT2D eigenvalue weighted by Gasteiger charge is 2.10. The molecule has 1 aromatic carbocycles. The van der Waals surface area contributed by atoms with E-state index in [0.717, 1.165) is 56.7 Å². The van der Waals surface area contributed by atoms with E-state index in [4.69, 9.17) is 4.74 Å². The molecule has 0 saturated carbocycles. The summed E-state index contributed by atoms with van der Waals surface area (Å²) in [7, 11) is 5.87. The number of rotatable bonds is 7. The number of nitrogens with one attached hydrogen (secondary N) is 2. The molecule has 1 fully saturated rings. The minimum Gasteiger partial charge on any atom is -0.497 e. The van der Waals surface area contributed by atoms with Gasteiger partial charge in [0.05, 0.1) is 7.11 Å².